The third-order valence-corrected chi connectivity index (χ3v) is 2.83. The third-order valence-electron chi connectivity index (χ3n) is 2.83. The summed E-state index contributed by atoms with van der Waals surface area (Å²) in [5.41, 5.74) is 2.28. The Morgan fingerprint density at radius 1 is 1.20 bits per heavy atom. The number of carboxylic acids is 1. The maximum absolute atomic E-state index is 11.4. The van der Waals surface area contributed by atoms with Crippen LogP contribution in [0.4, 0.5) is 0 Å². The lowest BCUT2D eigenvalue weighted by atomic mass is 10.0. The normalized spacial score (nSPS) is 11.2. The Hall–Kier alpha value is -2.62. The smallest absolute Gasteiger partial charge is 0.336 e. The van der Waals surface area contributed by atoms with Crippen LogP contribution in [0.2, 0.25) is 0 Å². The van der Waals surface area contributed by atoms with E-state index in [9.17, 15) is 9.90 Å². The molecule has 0 saturated carbocycles. The number of aryl methyl sites for hydroxylation is 1. The van der Waals surface area contributed by atoms with Crippen LogP contribution in [0.3, 0.4) is 0 Å². The number of hydrogen-bond acceptors (Lipinski definition) is 3. The molecule has 0 aliphatic heterocycles. The van der Waals surface area contributed by atoms with Gasteiger partial charge in [0, 0.05) is 5.69 Å². The van der Waals surface area contributed by atoms with E-state index < -0.39 is 5.97 Å². The van der Waals surface area contributed by atoms with Crippen LogP contribution < -0.4 is 4.74 Å². The van der Waals surface area contributed by atoms with Gasteiger partial charge in [-0.05, 0) is 42.8 Å². The number of ether oxygens (including phenoxy) is 1. The topological polar surface area (TPSA) is 59.4 Å². The highest BCUT2D eigenvalue weighted by Gasteiger charge is 2.11. The predicted molar refractivity (Wildman–Crippen MR) is 77.5 cm³/mol. The first-order valence-corrected chi connectivity index (χ1v) is 6.13. The van der Waals surface area contributed by atoms with Gasteiger partial charge in [-0.2, -0.15) is 0 Å². The van der Waals surface area contributed by atoms with Crippen molar-refractivity contribution in [2.75, 3.05) is 7.11 Å². The second-order valence-electron chi connectivity index (χ2n) is 4.30. The van der Waals surface area contributed by atoms with E-state index in [1.54, 1.807) is 43.5 Å². The van der Waals surface area contributed by atoms with Crippen molar-refractivity contribution in [3.05, 3.63) is 59.4 Å². The van der Waals surface area contributed by atoms with E-state index in [2.05, 4.69) is 4.98 Å². The molecular formula is C16H15NO3. The molecule has 20 heavy (non-hydrogen) atoms. The summed E-state index contributed by atoms with van der Waals surface area (Å²) in [6, 6.07) is 12.4. The zero-order valence-electron chi connectivity index (χ0n) is 11.3. The van der Waals surface area contributed by atoms with Crippen molar-refractivity contribution in [1.82, 2.24) is 4.98 Å². The molecule has 0 atom stereocenters. The summed E-state index contributed by atoms with van der Waals surface area (Å²) in [6.07, 6.45) is 1.57. The van der Waals surface area contributed by atoms with Crippen LogP contribution in [0.1, 0.15) is 17.0 Å². The molecule has 0 bridgehead atoms. The van der Waals surface area contributed by atoms with Gasteiger partial charge in [-0.1, -0.05) is 18.2 Å². The first-order chi connectivity index (χ1) is 9.60. The summed E-state index contributed by atoms with van der Waals surface area (Å²) < 4.78 is 5.06. The van der Waals surface area contributed by atoms with Crippen LogP contribution in [-0.2, 0) is 4.79 Å². The fourth-order valence-electron chi connectivity index (χ4n) is 1.83. The van der Waals surface area contributed by atoms with Crippen LogP contribution in [0.5, 0.6) is 5.75 Å². The molecule has 4 heteroatoms. The SMILES string of the molecule is COc1ccc(/C(=C\c2cccc(C)n2)C(=O)O)cc1. The molecule has 1 aromatic heterocycles. The molecule has 0 unspecified atom stereocenters. The van der Waals surface area contributed by atoms with Crippen molar-refractivity contribution < 1.29 is 14.6 Å². The summed E-state index contributed by atoms with van der Waals surface area (Å²) in [4.78, 5) is 15.7. The van der Waals surface area contributed by atoms with Crippen molar-refractivity contribution in [3.63, 3.8) is 0 Å². The molecule has 0 radical (unpaired) electrons. The van der Waals surface area contributed by atoms with Crippen molar-refractivity contribution in [3.8, 4) is 5.75 Å². The van der Waals surface area contributed by atoms with Gasteiger partial charge in [0.1, 0.15) is 5.75 Å². The summed E-state index contributed by atoms with van der Waals surface area (Å²) >= 11 is 0. The molecular weight excluding hydrogens is 254 g/mol. The Morgan fingerprint density at radius 3 is 2.45 bits per heavy atom. The van der Waals surface area contributed by atoms with Gasteiger partial charge in [-0.3, -0.25) is 4.98 Å². The number of aliphatic carboxylic acids is 1. The molecule has 0 aliphatic rings. The molecule has 1 heterocycles. The lowest BCUT2D eigenvalue weighted by Gasteiger charge is -2.05. The number of pyridine rings is 1. The van der Waals surface area contributed by atoms with E-state index in [1.807, 2.05) is 19.1 Å². The van der Waals surface area contributed by atoms with Crippen LogP contribution in [0, 0.1) is 6.92 Å². The second kappa shape index (κ2) is 6.02. The molecule has 0 aliphatic carbocycles. The fraction of sp³-hybridized carbons (Fsp3) is 0.125. The van der Waals surface area contributed by atoms with Crippen molar-refractivity contribution in [1.29, 1.82) is 0 Å². The maximum Gasteiger partial charge on any atom is 0.336 e. The Morgan fingerprint density at radius 2 is 1.90 bits per heavy atom. The minimum absolute atomic E-state index is 0.200. The van der Waals surface area contributed by atoms with E-state index in [4.69, 9.17) is 4.74 Å². The van der Waals surface area contributed by atoms with Crippen molar-refractivity contribution >= 4 is 17.6 Å². The minimum atomic E-state index is -0.988. The largest absolute Gasteiger partial charge is 0.497 e. The van der Waals surface area contributed by atoms with Crippen molar-refractivity contribution in [2.45, 2.75) is 6.92 Å². The van der Waals surface area contributed by atoms with E-state index >= 15 is 0 Å². The van der Waals surface area contributed by atoms with Gasteiger partial charge in [-0.25, -0.2) is 4.79 Å². The third kappa shape index (κ3) is 3.23. The molecule has 2 aromatic rings. The number of rotatable bonds is 4. The highest BCUT2D eigenvalue weighted by molar-refractivity contribution is 6.20. The van der Waals surface area contributed by atoms with Gasteiger partial charge in [0.25, 0.3) is 0 Å². The highest BCUT2D eigenvalue weighted by Crippen LogP contribution is 2.21. The number of methoxy groups -OCH3 is 1. The van der Waals surface area contributed by atoms with Gasteiger partial charge in [-0.15, -0.1) is 0 Å². The Kier molecular flexibility index (Phi) is 4.15. The van der Waals surface area contributed by atoms with E-state index in [0.29, 0.717) is 17.0 Å². The second-order valence-corrected chi connectivity index (χ2v) is 4.30. The molecule has 0 saturated heterocycles. The van der Waals surface area contributed by atoms with Crippen LogP contribution in [0.15, 0.2) is 42.5 Å². The lowest BCUT2D eigenvalue weighted by molar-refractivity contribution is -0.130. The molecule has 0 amide bonds. The van der Waals surface area contributed by atoms with E-state index in [1.165, 1.54) is 0 Å². The van der Waals surface area contributed by atoms with Crippen LogP contribution in [-0.4, -0.2) is 23.2 Å². The van der Waals surface area contributed by atoms with Crippen LogP contribution >= 0.6 is 0 Å². The predicted octanol–water partition coefficient (Wildman–Crippen LogP) is 3.02. The van der Waals surface area contributed by atoms with E-state index in [-0.39, 0.29) is 5.57 Å². The lowest BCUT2D eigenvalue weighted by Crippen LogP contribution is -2.00. The molecule has 102 valence electrons. The number of aromatic nitrogens is 1. The highest BCUT2D eigenvalue weighted by atomic mass is 16.5. The standard InChI is InChI=1S/C16H15NO3/c1-11-4-3-5-13(17-11)10-15(16(18)19)12-6-8-14(20-2)9-7-12/h3-10H,1-2H3,(H,18,19)/b15-10+. The Labute approximate surface area is 117 Å². The van der Waals surface area contributed by atoms with Gasteiger partial charge < -0.3 is 9.84 Å². The number of nitrogens with zero attached hydrogens (tertiary/aromatic N) is 1. The van der Waals surface area contributed by atoms with Gasteiger partial charge in [0.2, 0.25) is 0 Å². The first-order valence-electron chi connectivity index (χ1n) is 6.13. The van der Waals surface area contributed by atoms with Gasteiger partial charge in [0.05, 0.1) is 18.4 Å². The number of benzene rings is 1. The maximum atomic E-state index is 11.4. The summed E-state index contributed by atoms with van der Waals surface area (Å²) in [6.45, 7) is 1.87. The molecule has 2 rings (SSSR count). The average Bonchev–Trinajstić information content (AvgIpc) is 2.45. The quantitative estimate of drug-likeness (QED) is 0.867. The minimum Gasteiger partial charge on any atom is -0.497 e. The summed E-state index contributed by atoms with van der Waals surface area (Å²) in [5.74, 6) is -0.300. The number of carbonyl (C=O) groups is 1. The molecule has 1 N–H and O–H groups in total. The zero-order valence-corrected chi connectivity index (χ0v) is 11.3. The Balaban J connectivity index is 2.42. The van der Waals surface area contributed by atoms with Crippen molar-refractivity contribution in [2.24, 2.45) is 0 Å². The monoisotopic (exact) mass is 269 g/mol. The summed E-state index contributed by atoms with van der Waals surface area (Å²) in [5, 5.41) is 9.36. The van der Waals surface area contributed by atoms with Crippen LogP contribution in [0.25, 0.3) is 11.6 Å². The first kappa shape index (κ1) is 13.8. The summed E-state index contributed by atoms with van der Waals surface area (Å²) in [7, 11) is 1.57. The number of carboxylic acid groups (broad SMARTS) is 1. The van der Waals surface area contributed by atoms with E-state index in [0.717, 1.165) is 5.69 Å². The molecule has 4 nitrogen and oxygen atoms in total. The van der Waals surface area contributed by atoms with Gasteiger partial charge in [0.15, 0.2) is 0 Å². The molecule has 0 fully saturated rings. The fourth-order valence-corrected chi connectivity index (χ4v) is 1.83. The average molecular weight is 269 g/mol. The molecule has 1 aromatic carbocycles. The number of hydrogen-bond donors (Lipinski definition) is 1. The Bertz CT molecular complexity index is 645. The zero-order chi connectivity index (χ0) is 14.5. The molecule has 0 spiro atoms. The van der Waals surface area contributed by atoms with Gasteiger partial charge >= 0.3 is 5.97 Å².